The molecule has 0 aromatic heterocycles. The van der Waals surface area contributed by atoms with Gasteiger partial charge in [0.25, 0.3) is 0 Å². The summed E-state index contributed by atoms with van der Waals surface area (Å²) in [5.41, 5.74) is 1.95. The molecule has 0 aromatic rings. The van der Waals surface area contributed by atoms with Crippen LogP contribution in [0.4, 0.5) is 0 Å². The highest BCUT2D eigenvalue weighted by atomic mass is 16.1. The molecule has 0 aromatic carbocycles. The van der Waals surface area contributed by atoms with E-state index in [1.165, 1.54) is 0 Å². The normalized spacial score (nSPS) is 11.9. The largest absolute Gasteiger partial charge is 0.295 e. The molecule has 0 amide bonds. The maximum absolute atomic E-state index is 11.3. The summed E-state index contributed by atoms with van der Waals surface area (Å²) in [5, 5.41) is 0. The molecule has 12 heavy (non-hydrogen) atoms. The predicted octanol–water partition coefficient (Wildman–Crippen LogP) is 3.12. The minimum absolute atomic E-state index is 0.200. The van der Waals surface area contributed by atoms with Crippen molar-refractivity contribution in [3.63, 3.8) is 0 Å². The molecule has 0 aliphatic rings. The van der Waals surface area contributed by atoms with E-state index in [4.69, 9.17) is 0 Å². The van der Waals surface area contributed by atoms with Gasteiger partial charge in [0.05, 0.1) is 0 Å². The van der Waals surface area contributed by atoms with Crippen molar-refractivity contribution in [3.8, 4) is 0 Å². The third-order valence-corrected chi connectivity index (χ3v) is 1.66. The van der Waals surface area contributed by atoms with E-state index in [0.29, 0.717) is 12.3 Å². The van der Waals surface area contributed by atoms with Crippen LogP contribution >= 0.6 is 0 Å². The fraction of sp³-hybridized carbons (Fsp3) is 0.545. The Bertz CT molecular complexity index is 209. The Balaban J connectivity index is 4.15. The number of carbonyl (C=O) groups excluding carboxylic acids is 1. The van der Waals surface area contributed by atoms with E-state index in [1.54, 1.807) is 6.08 Å². The van der Waals surface area contributed by atoms with Gasteiger partial charge in [-0.2, -0.15) is 0 Å². The Kier molecular flexibility index (Phi) is 4.57. The van der Waals surface area contributed by atoms with Gasteiger partial charge in [-0.1, -0.05) is 26.0 Å². The number of rotatable bonds is 4. The number of allylic oxidation sites excluding steroid dienone is 3. The Morgan fingerprint density at radius 2 is 1.92 bits per heavy atom. The van der Waals surface area contributed by atoms with Crippen molar-refractivity contribution >= 4 is 5.78 Å². The van der Waals surface area contributed by atoms with Gasteiger partial charge in [-0.3, -0.25) is 4.79 Å². The number of carbonyl (C=O) groups is 1. The van der Waals surface area contributed by atoms with E-state index < -0.39 is 0 Å². The highest BCUT2D eigenvalue weighted by Crippen LogP contribution is 2.08. The van der Waals surface area contributed by atoms with Gasteiger partial charge in [0.2, 0.25) is 0 Å². The first-order chi connectivity index (χ1) is 5.43. The Hall–Kier alpha value is -0.850. The second-order valence-corrected chi connectivity index (χ2v) is 3.67. The lowest BCUT2D eigenvalue weighted by Gasteiger charge is -2.01. The van der Waals surface area contributed by atoms with Crippen molar-refractivity contribution in [1.82, 2.24) is 0 Å². The maximum atomic E-state index is 11.3. The minimum atomic E-state index is 0.200. The molecule has 0 aliphatic heterocycles. The van der Waals surface area contributed by atoms with Crippen LogP contribution in [0.1, 0.15) is 34.1 Å². The molecule has 0 rings (SSSR count). The summed E-state index contributed by atoms with van der Waals surface area (Å²) in [6, 6.07) is 0. The molecular weight excluding hydrogens is 148 g/mol. The van der Waals surface area contributed by atoms with Gasteiger partial charge in [0.15, 0.2) is 5.78 Å². The lowest BCUT2D eigenvalue weighted by molar-refractivity contribution is -0.115. The summed E-state index contributed by atoms with van der Waals surface area (Å²) in [6.07, 6.45) is 2.31. The Labute approximate surface area is 75.2 Å². The molecule has 68 valence electrons. The molecule has 1 heteroatoms. The van der Waals surface area contributed by atoms with Crippen molar-refractivity contribution in [3.05, 3.63) is 23.8 Å². The second-order valence-electron chi connectivity index (χ2n) is 3.67. The number of ketones is 1. The molecule has 1 nitrogen and oxygen atoms in total. The van der Waals surface area contributed by atoms with Gasteiger partial charge in [0, 0.05) is 6.42 Å². The van der Waals surface area contributed by atoms with Gasteiger partial charge in [0.1, 0.15) is 0 Å². The van der Waals surface area contributed by atoms with Gasteiger partial charge in [-0.05, 0) is 31.4 Å². The van der Waals surface area contributed by atoms with Crippen molar-refractivity contribution < 1.29 is 4.79 Å². The number of hydrogen-bond donors (Lipinski definition) is 0. The SMILES string of the molecule is C=C(C)/C(C)=C/C(=O)CC(C)C. The summed E-state index contributed by atoms with van der Waals surface area (Å²) in [7, 11) is 0. The first-order valence-corrected chi connectivity index (χ1v) is 4.30. The van der Waals surface area contributed by atoms with Gasteiger partial charge in [-0.15, -0.1) is 0 Å². The average Bonchev–Trinajstić information content (AvgIpc) is 1.84. The van der Waals surface area contributed by atoms with Crippen molar-refractivity contribution in [2.45, 2.75) is 34.1 Å². The van der Waals surface area contributed by atoms with Crippen LogP contribution in [0.3, 0.4) is 0 Å². The van der Waals surface area contributed by atoms with Gasteiger partial charge >= 0.3 is 0 Å². The summed E-state index contributed by atoms with van der Waals surface area (Å²) in [6.45, 7) is 11.7. The van der Waals surface area contributed by atoms with Crippen LogP contribution in [0.15, 0.2) is 23.8 Å². The average molecular weight is 166 g/mol. The van der Waals surface area contributed by atoms with Crippen LogP contribution in [0.25, 0.3) is 0 Å². The predicted molar refractivity (Wildman–Crippen MR) is 53.0 cm³/mol. The highest BCUT2D eigenvalue weighted by Gasteiger charge is 2.02. The van der Waals surface area contributed by atoms with Crippen LogP contribution in [0.2, 0.25) is 0 Å². The topological polar surface area (TPSA) is 17.1 Å². The first kappa shape index (κ1) is 11.2. The van der Waals surface area contributed by atoms with E-state index in [9.17, 15) is 4.79 Å². The standard InChI is InChI=1S/C11H18O/c1-8(2)6-11(12)7-10(5)9(3)4/h7-8H,3,6H2,1-2,4-5H3/b10-7+. The molecule has 0 N–H and O–H groups in total. The molecule has 0 aliphatic carbocycles. The molecule has 0 spiro atoms. The van der Waals surface area contributed by atoms with E-state index in [1.807, 2.05) is 27.7 Å². The Morgan fingerprint density at radius 1 is 1.42 bits per heavy atom. The van der Waals surface area contributed by atoms with E-state index >= 15 is 0 Å². The molecule has 0 unspecified atom stereocenters. The zero-order chi connectivity index (χ0) is 9.72. The summed E-state index contributed by atoms with van der Waals surface area (Å²) in [4.78, 5) is 11.3. The molecule has 0 fully saturated rings. The van der Waals surface area contributed by atoms with Gasteiger partial charge < -0.3 is 0 Å². The quantitative estimate of drug-likeness (QED) is 0.463. The smallest absolute Gasteiger partial charge is 0.156 e. The monoisotopic (exact) mass is 166 g/mol. The Morgan fingerprint density at radius 3 is 2.25 bits per heavy atom. The van der Waals surface area contributed by atoms with E-state index in [0.717, 1.165) is 11.1 Å². The van der Waals surface area contributed by atoms with Crippen LogP contribution in [0, 0.1) is 5.92 Å². The van der Waals surface area contributed by atoms with Gasteiger partial charge in [-0.25, -0.2) is 0 Å². The maximum Gasteiger partial charge on any atom is 0.156 e. The fourth-order valence-electron chi connectivity index (χ4n) is 0.826. The van der Waals surface area contributed by atoms with Crippen LogP contribution in [-0.2, 0) is 4.79 Å². The third-order valence-electron chi connectivity index (χ3n) is 1.66. The van der Waals surface area contributed by atoms with Crippen LogP contribution in [-0.4, -0.2) is 5.78 Å². The molecule has 0 saturated carbocycles. The molecular formula is C11H18O. The number of hydrogen-bond acceptors (Lipinski definition) is 1. The molecule has 0 saturated heterocycles. The molecule has 0 radical (unpaired) electrons. The molecule has 0 heterocycles. The van der Waals surface area contributed by atoms with Crippen molar-refractivity contribution in [2.75, 3.05) is 0 Å². The van der Waals surface area contributed by atoms with Crippen molar-refractivity contribution in [2.24, 2.45) is 5.92 Å². The summed E-state index contributed by atoms with van der Waals surface area (Å²) < 4.78 is 0. The fourth-order valence-corrected chi connectivity index (χ4v) is 0.826. The van der Waals surface area contributed by atoms with Crippen LogP contribution < -0.4 is 0 Å². The van der Waals surface area contributed by atoms with E-state index in [2.05, 4.69) is 6.58 Å². The molecule has 0 bridgehead atoms. The van der Waals surface area contributed by atoms with Crippen LogP contribution in [0.5, 0.6) is 0 Å². The highest BCUT2D eigenvalue weighted by molar-refractivity contribution is 5.90. The lowest BCUT2D eigenvalue weighted by atomic mass is 10.0. The zero-order valence-electron chi connectivity index (χ0n) is 8.48. The van der Waals surface area contributed by atoms with E-state index in [-0.39, 0.29) is 5.78 Å². The zero-order valence-corrected chi connectivity index (χ0v) is 8.48. The van der Waals surface area contributed by atoms with Crippen molar-refractivity contribution in [1.29, 1.82) is 0 Å². The second kappa shape index (κ2) is 4.91. The first-order valence-electron chi connectivity index (χ1n) is 4.30. The third kappa shape index (κ3) is 4.89. The molecule has 0 atom stereocenters. The minimum Gasteiger partial charge on any atom is -0.295 e. The lowest BCUT2D eigenvalue weighted by Crippen LogP contribution is -1.99. The summed E-state index contributed by atoms with van der Waals surface area (Å²) >= 11 is 0. The summed E-state index contributed by atoms with van der Waals surface area (Å²) in [5.74, 6) is 0.636.